The number of nitrogens with zero attached hydrogens (tertiary/aromatic N) is 2. The molecule has 2 aromatic rings. The van der Waals surface area contributed by atoms with Crippen molar-refractivity contribution in [2.45, 2.75) is 33.6 Å². The van der Waals surface area contributed by atoms with E-state index in [0.717, 1.165) is 41.2 Å². The van der Waals surface area contributed by atoms with Gasteiger partial charge in [0, 0.05) is 22.6 Å². The first-order valence-corrected chi connectivity index (χ1v) is 7.52. The van der Waals surface area contributed by atoms with E-state index >= 15 is 0 Å². The van der Waals surface area contributed by atoms with Crippen molar-refractivity contribution in [3.63, 3.8) is 0 Å². The second-order valence-electron chi connectivity index (χ2n) is 6.74. The molecule has 4 heteroatoms. The van der Waals surface area contributed by atoms with Crippen LogP contribution in [0.3, 0.4) is 0 Å². The van der Waals surface area contributed by atoms with Crippen LogP contribution in [0.25, 0.3) is 5.69 Å². The van der Waals surface area contributed by atoms with Gasteiger partial charge in [-0.25, -0.2) is 0 Å². The van der Waals surface area contributed by atoms with Crippen molar-refractivity contribution in [1.82, 2.24) is 4.57 Å². The molecule has 3 rings (SSSR count). The summed E-state index contributed by atoms with van der Waals surface area (Å²) in [6.45, 7) is 6.51. The first-order chi connectivity index (χ1) is 10.4. The molecule has 0 saturated heterocycles. The molecule has 116 valence electrons. The molecule has 0 atom stereocenters. The van der Waals surface area contributed by atoms with E-state index in [9.17, 15) is 5.21 Å². The standard InChI is InChI=1S/C18H22N2O2/c1-12-9-15-16(19-21)10-18(2,3)11-17(15)20(12)13-5-7-14(22-4)8-6-13/h5-9,21H,10-11H2,1-4H3/b19-16+. The molecule has 1 aliphatic carbocycles. The minimum atomic E-state index is 0.0869. The Bertz CT molecular complexity index is 724. The van der Waals surface area contributed by atoms with E-state index in [2.05, 4.69) is 48.7 Å². The van der Waals surface area contributed by atoms with E-state index < -0.39 is 0 Å². The second kappa shape index (κ2) is 5.20. The van der Waals surface area contributed by atoms with Gasteiger partial charge in [-0.3, -0.25) is 0 Å². The molecule has 0 fully saturated rings. The molecule has 0 radical (unpaired) electrons. The van der Waals surface area contributed by atoms with Gasteiger partial charge in [0.2, 0.25) is 0 Å². The molecule has 1 aromatic carbocycles. The lowest BCUT2D eigenvalue weighted by Crippen LogP contribution is -2.28. The zero-order chi connectivity index (χ0) is 15.9. The lowest BCUT2D eigenvalue weighted by atomic mass is 9.76. The zero-order valence-corrected chi connectivity index (χ0v) is 13.6. The predicted octanol–water partition coefficient (Wildman–Crippen LogP) is 3.95. The van der Waals surface area contributed by atoms with Crippen molar-refractivity contribution in [2.75, 3.05) is 7.11 Å². The highest BCUT2D eigenvalue weighted by molar-refractivity contribution is 6.03. The first kappa shape index (κ1) is 14.7. The van der Waals surface area contributed by atoms with Crippen LogP contribution < -0.4 is 4.74 Å². The normalized spacial score (nSPS) is 18.3. The van der Waals surface area contributed by atoms with Gasteiger partial charge in [0.05, 0.1) is 12.8 Å². The molecule has 0 aliphatic heterocycles. The van der Waals surface area contributed by atoms with Gasteiger partial charge in [-0.1, -0.05) is 19.0 Å². The number of benzene rings is 1. The topological polar surface area (TPSA) is 46.8 Å². The Morgan fingerprint density at radius 1 is 1.18 bits per heavy atom. The van der Waals surface area contributed by atoms with Crippen LogP contribution in [0, 0.1) is 12.3 Å². The van der Waals surface area contributed by atoms with Crippen molar-refractivity contribution < 1.29 is 9.94 Å². The quantitative estimate of drug-likeness (QED) is 0.674. The smallest absolute Gasteiger partial charge is 0.119 e. The third kappa shape index (κ3) is 2.39. The summed E-state index contributed by atoms with van der Waals surface area (Å²) in [5, 5.41) is 12.9. The summed E-state index contributed by atoms with van der Waals surface area (Å²) in [7, 11) is 1.67. The molecule has 0 amide bonds. The molecule has 1 aliphatic rings. The van der Waals surface area contributed by atoms with E-state index in [1.807, 2.05) is 12.1 Å². The monoisotopic (exact) mass is 298 g/mol. The molecular formula is C18H22N2O2. The van der Waals surface area contributed by atoms with Crippen molar-refractivity contribution >= 4 is 5.71 Å². The van der Waals surface area contributed by atoms with Crippen LogP contribution in [-0.4, -0.2) is 22.6 Å². The molecule has 1 heterocycles. The Kier molecular flexibility index (Phi) is 3.47. The van der Waals surface area contributed by atoms with Gasteiger partial charge < -0.3 is 14.5 Å². The second-order valence-corrected chi connectivity index (χ2v) is 6.74. The number of aromatic nitrogens is 1. The van der Waals surface area contributed by atoms with E-state index in [4.69, 9.17) is 4.74 Å². The van der Waals surface area contributed by atoms with Crippen LogP contribution in [0.5, 0.6) is 5.75 Å². The summed E-state index contributed by atoms with van der Waals surface area (Å²) < 4.78 is 7.49. The molecular weight excluding hydrogens is 276 g/mol. The van der Waals surface area contributed by atoms with Gasteiger partial charge in [-0.15, -0.1) is 0 Å². The van der Waals surface area contributed by atoms with E-state index in [1.54, 1.807) is 7.11 Å². The zero-order valence-electron chi connectivity index (χ0n) is 13.6. The van der Waals surface area contributed by atoms with Crippen LogP contribution in [0.4, 0.5) is 0 Å². The molecule has 0 unspecified atom stereocenters. The van der Waals surface area contributed by atoms with Crippen molar-refractivity contribution in [3.05, 3.63) is 47.3 Å². The fraction of sp³-hybridized carbons (Fsp3) is 0.389. The number of hydrogen-bond acceptors (Lipinski definition) is 3. The Hall–Kier alpha value is -2.23. The highest BCUT2D eigenvalue weighted by Crippen LogP contribution is 2.38. The Morgan fingerprint density at radius 2 is 1.86 bits per heavy atom. The van der Waals surface area contributed by atoms with Crippen LogP contribution in [0.2, 0.25) is 0 Å². The maximum absolute atomic E-state index is 9.37. The third-order valence-electron chi connectivity index (χ3n) is 4.34. The van der Waals surface area contributed by atoms with Crippen molar-refractivity contribution in [3.8, 4) is 11.4 Å². The number of ether oxygens (including phenoxy) is 1. The Balaban J connectivity index is 2.15. The summed E-state index contributed by atoms with van der Waals surface area (Å²) in [4.78, 5) is 0. The maximum Gasteiger partial charge on any atom is 0.119 e. The molecule has 22 heavy (non-hydrogen) atoms. The van der Waals surface area contributed by atoms with Crippen molar-refractivity contribution in [2.24, 2.45) is 10.6 Å². The Morgan fingerprint density at radius 3 is 2.45 bits per heavy atom. The number of methoxy groups -OCH3 is 1. The lowest BCUT2D eigenvalue weighted by Gasteiger charge is -2.31. The summed E-state index contributed by atoms with van der Waals surface area (Å²) in [5.41, 5.74) is 5.40. The SMILES string of the molecule is COc1ccc(-n2c(C)cc3c2CC(C)(C)C/C3=N\O)cc1. The number of hydrogen-bond donors (Lipinski definition) is 1. The fourth-order valence-electron chi connectivity index (χ4n) is 3.36. The maximum atomic E-state index is 9.37. The van der Waals surface area contributed by atoms with Gasteiger partial charge in [-0.05, 0) is 55.5 Å². The van der Waals surface area contributed by atoms with Crippen LogP contribution in [-0.2, 0) is 6.42 Å². The fourth-order valence-corrected chi connectivity index (χ4v) is 3.36. The molecule has 0 saturated carbocycles. The third-order valence-corrected chi connectivity index (χ3v) is 4.34. The summed E-state index contributed by atoms with van der Waals surface area (Å²) in [6, 6.07) is 10.2. The summed E-state index contributed by atoms with van der Waals surface area (Å²) in [5.74, 6) is 0.848. The molecule has 4 nitrogen and oxygen atoms in total. The lowest BCUT2D eigenvalue weighted by molar-refractivity contribution is 0.305. The van der Waals surface area contributed by atoms with E-state index in [-0.39, 0.29) is 5.41 Å². The van der Waals surface area contributed by atoms with Gasteiger partial charge in [0.15, 0.2) is 0 Å². The number of oxime groups is 1. The van der Waals surface area contributed by atoms with Crippen molar-refractivity contribution in [1.29, 1.82) is 0 Å². The van der Waals surface area contributed by atoms with E-state index in [1.165, 1.54) is 5.69 Å². The minimum Gasteiger partial charge on any atom is -0.497 e. The molecule has 1 N–H and O–H groups in total. The highest BCUT2D eigenvalue weighted by Gasteiger charge is 2.33. The number of aryl methyl sites for hydroxylation is 1. The van der Waals surface area contributed by atoms with Gasteiger partial charge in [0.1, 0.15) is 5.75 Å². The number of fused-ring (bicyclic) bond motifs is 1. The number of rotatable bonds is 2. The summed E-state index contributed by atoms with van der Waals surface area (Å²) >= 11 is 0. The Labute approximate surface area is 131 Å². The van der Waals surface area contributed by atoms with Gasteiger partial charge in [0.25, 0.3) is 0 Å². The van der Waals surface area contributed by atoms with Crippen LogP contribution in [0.1, 0.15) is 37.2 Å². The highest BCUT2D eigenvalue weighted by atomic mass is 16.5. The minimum absolute atomic E-state index is 0.0869. The van der Waals surface area contributed by atoms with Crippen LogP contribution >= 0.6 is 0 Å². The van der Waals surface area contributed by atoms with Crippen LogP contribution in [0.15, 0.2) is 35.5 Å². The molecule has 0 spiro atoms. The van der Waals surface area contributed by atoms with E-state index in [0.29, 0.717) is 0 Å². The van der Waals surface area contributed by atoms with Gasteiger partial charge in [-0.2, -0.15) is 0 Å². The largest absolute Gasteiger partial charge is 0.497 e. The average molecular weight is 298 g/mol. The first-order valence-electron chi connectivity index (χ1n) is 7.52. The summed E-state index contributed by atoms with van der Waals surface area (Å²) in [6.07, 6.45) is 1.75. The average Bonchev–Trinajstić information content (AvgIpc) is 2.81. The molecule has 0 bridgehead atoms. The molecule has 1 aromatic heterocycles. The predicted molar refractivity (Wildman–Crippen MR) is 87.5 cm³/mol. The van der Waals surface area contributed by atoms with Gasteiger partial charge >= 0.3 is 0 Å².